The van der Waals surface area contributed by atoms with E-state index in [9.17, 15) is 18.4 Å². The van der Waals surface area contributed by atoms with Crippen LogP contribution in [0.4, 0.5) is 19.6 Å². The Morgan fingerprint density at radius 2 is 1.96 bits per heavy atom. The summed E-state index contributed by atoms with van der Waals surface area (Å²) < 4.78 is 34.4. The zero-order chi connectivity index (χ0) is 16.6. The van der Waals surface area contributed by atoms with Crippen LogP contribution in [0.5, 0.6) is 11.5 Å². The van der Waals surface area contributed by atoms with E-state index in [4.69, 9.17) is 0 Å². The van der Waals surface area contributed by atoms with Gasteiger partial charge in [0.2, 0.25) is 5.91 Å². The first-order valence-corrected chi connectivity index (χ1v) is 7.15. The second-order valence-corrected chi connectivity index (χ2v) is 5.36. The number of rotatable bonds is 3. The van der Waals surface area contributed by atoms with Gasteiger partial charge in [0.25, 0.3) is 5.91 Å². The Morgan fingerprint density at radius 3 is 2.70 bits per heavy atom. The van der Waals surface area contributed by atoms with Crippen molar-refractivity contribution in [1.82, 2.24) is 4.98 Å². The van der Waals surface area contributed by atoms with E-state index in [2.05, 4.69) is 25.1 Å². The van der Waals surface area contributed by atoms with Crippen LogP contribution < -0.4 is 20.1 Å². The van der Waals surface area contributed by atoms with Gasteiger partial charge in [0.05, 0.1) is 0 Å². The molecule has 0 radical (unpaired) electrons. The zero-order valence-corrected chi connectivity index (χ0v) is 12.4. The molecule has 0 saturated carbocycles. The van der Waals surface area contributed by atoms with Gasteiger partial charge in [-0.15, -0.1) is 20.1 Å². The third-order valence-corrected chi connectivity index (χ3v) is 3.44. The van der Waals surface area contributed by atoms with E-state index in [1.165, 1.54) is 30.5 Å². The van der Waals surface area contributed by atoms with E-state index in [1.807, 2.05) is 0 Å². The lowest BCUT2D eigenvalue weighted by molar-refractivity contribution is -0.286. The fourth-order valence-electron chi connectivity index (χ4n) is 1.81. The Labute approximate surface area is 132 Å². The maximum atomic E-state index is 12.9. The molecule has 120 valence electrons. The molecule has 1 aliphatic rings. The van der Waals surface area contributed by atoms with Gasteiger partial charge < -0.3 is 20.1 Å². The monoisotopic (exact) mass is 341 g/mol. The van der Waals surface area contributed by atoms with Crippen LogP contribution in [-0.4, -0.2) is 23.1 Å². The molecule has 1 aromatic heterocycles. The molecular formula is C13H9F2N3O4S. The molecule has 2 aromatic rings. The summed E-state index contributed by atoms with van der Waals surface area (Å²) in [5, 5.41) is 6.69. The number of hydrogen-bond acceptors (Lipinski definition) is 6. The molecule has 2 N–H and O–H groups in total. The Bertz CT molecular complexity index is 793. The molecule has 3 rings (SSSR count). The SMILES string of the molecule is CC(=O)Nc1nc(C(=O)Nc2ccc3c(c2)OC(F)(F)O3)cs1. The van der Waals surface area contributed by atoms with Crippen molar-refractivity contribution in [2.45, 2.75) is 13.2 Å². The van der Waals surface area contributed by atoms with E-state index in [1.54, 1.807) is 0 Å². The van der Waals surface area contributed by atoms with E-state index >= 15 is 0 Å². The summed E-state index contributed by atoms with van der Waals surface area (Å²) in [5.41, 5.74) is 0.325. The van der Waals surface area contributed by atoms with Crippen LogP contribution in [0.1, 0.15) is 17.4 Å². The minimum absolute atomic E-state index is 0.0850. The molecule has 0 atom stereocenters. The molecule has 0 fully saturated rings. The summed E-state index contributed by atoms with van der Waals surface area (Å²) in [5.74, 6) is -1.15. The van der Waals surface area contributed by atoms with Gasteiger partial charge in [-0.2, -0.15) is 0 Å². The number of nitrogens with one attached hydrogen (secondary N) is 2. The van der Waals surface area contributed by atoms with Gasteiger partial charge in [-0.05, 0) is 12.1 Å². The van der Waals surface area contributed by atoms with Gasteiger partial charge in [0.15, 0.2) is 16.6 Å². The van der Waals surface area contributed by atoms with Crippen molar-refractivity contribution < 1.29 is 27.8 Å². The van der Waals surface area contributed by atoms with Crippen molar-refractivity contribution in [2.75, 3.05) is 10.6 Å². The third kappa shape index (κ3) is 3.37. The number of halogens is 2. The highest BCUT2D eigenvalue weighted by atomic mass is 32.1. The van der Waals surface area contributed by atoms with Crippen LogP contribution in [0.3, 0.4) is 0 Å². The first-order valence-electron chi connectivity index (χ1n) is 6.27. The normalized spacial score (nSPS) is 14.4. The van der Waals surface area contributed by atoms with Gasteiger partial charge in [-0.3, -0.25) is 9.59 Å². The summed E-state index contributed by atoms with van der Waals surface area (Å²) in [6.45, 7) is 1.32. The number of benzene rings is 1. The molecule has 2 heterocycles. The van der Waals surface area contributed by atoms with Gasteiger partial charge >= 0.3 is 6.29 Å². The fraction of sp³-hybridized carbons (Fsp3) is 0.154. The Morgan fingerprint density at radius 1 is 1.22 bits per heavy atom. The average molecular weight is 341 g/mol. The van der Waals surface area contributed by atoms with Crippen LogP contribution >= 0.6 is 11.3 Å². The molecule has 0 spiro atoms. The van der Waals surface area contributed by atoms with Crippen LogP contribution in [0.15, 0.2) is 23.6 Å². The number of alkyl halides is 2. The molecule has 1 aliphatic heterocycles. The Balaban J connectivity index is 1.71. The van der Waals surface area contributed by atoms with Crippen LogP contribution in [0.25, 0.3) is 0 Å². The van der Waals surface area contributed by atoms with E-state index in [0.717, 1.165) is 11.3 Å². The van der Waals surface area contributed by atoms with E-state index in [0.29, 0.717) is 0 Å². The van der Waals surface area contributed by atoms with Gasteiger partial charge in [-0.1, -0.05) is 0 Å². The van der Waals surface area contributed by atoms with Crippen LogP contribution in [0.2, 0.25) is 0 Å². The lowest BCUT2D eigenvalue weighted by Crippen LogP contribution is -2.25. The third-order valence-electron chi connectivity index (χ3n) is 2.68. The number of hydrogen-bond donors (Lipinski definition) is 2. The van der Waals surface area contributed by atoms with Gasteiger partial charge in [0, 0.05) is 24.1 Å². The smallest absolute Gasteiger partial charge is 0.395 e. The molecule has 0 saturated heterocycles. The fourth-order valence-corrected chi connectivity index (χ4v) is 2.54. The molecular weight excluding hydrogens is 332 g/mol. The molecule has 1 aromatic carbocycles. The number of anilines is 2. The van der Waals surface area contributed by atoms with Crippen LogP contribution in [0, 0.1) is 0 Å². The van der Waals surface area contributed by atoms with Crippen molar-refractivity contribution in [3.05, 3.63) is 29.3 Å². The number of amides is 2. The minimum Gasteiger partial charge on any atom is -0.395 e. The maximum Gasteiger partial charge on any atom is 0.586 e. The number of nitrogens with zero attached hydrogens (tertiary/aromatic N) is 1. The van der Waals surface area contributed by atoms with Crippen molar-refractivity contribution in [3.8, 4) is 11.5 Å². The molecule has 0 aliphatic carbocycles. The Kier molecular flexibility index (Phi) is 3.60. The maximum absolute atomic E-state index is 12.9. The average Bonchev–Trinajstić information content (AvgIpc) is 3.00. The number of carbonyl (C=O) groups is 2. The summed E-state index contributed by atoms with van der Waals surface area (Å²) in [6, 6.07) is 3.87. The Hall–Kier alpha value is -2.75. The highest BCUT2D eigenvalue weighted by molar-refractivity contribution is 7.14. The molecule has 23 heavy (non-hydrogen) atoms. The van der Waals surface area contributed by atoms with Gasteiger partial charge in [0.1, 0.15) is 5.69 Å². The first kappa shape index (κ1) is 15.2. The molecule has 10 heteroatoms. The van der Waals surface area contributed by atoms with Crippen molar-refractivity contribution in [2.24, 2.45) is 0 Å². The number of fused-ring (bicyclic) bond motifs is 1. The summed E-state index contributed by atoms with van der Waals surface area (Å²) in [6.07, 6.45) is -3.72. The lowest BCUT2D eigenvalue weighted by atomic mass is 10.2. The molecule has 0 unspecified atom stereocenters. The number of thiazole rings is 1. The van der Waals surface area contributed by atoms with Crippen molar-refractivity contribution >= 4 is 34.0 Å². The van der Waals surface area contributed by atoms with Crippen LogP contribution in [-0.2, 0) is 4.79 Å². The first-order chi connectivity index (χ1) is 10.8. The van der Waals surface area contributed by atoms with E-state index in [-0.39, 0.29) is 33.9 Å². The quantitative estimate of drug-likeness (QED) is 0.896. The highest BCUT2D eigenvalue weighted by Crippen LogP contribution is 2.42. The minimum atomic E-state index is -3.72. The number of carbonyl (C=O) groups excluding carboxylic acids is 2. The lowest BCUT2D eigenvalue weighted by Gasteiger charge is -2.04. The zero-order valence-electron chi connectivity index (χ0n) is 11.6. The predicted octanol–water partition coefficient (Wildman–Crippen LogP) is 2.68. The second kappa shape index (κ2) is 5.47. The number of ether oxygens (including phenoxy) is 2. The summed E-state index contributed by atoms with van der Waals surface area (Å²) in [4.78, 5) is 26.9. The second-order valence-electron chi connectivity index (χ2n) is 4.50. The number of aromatic nitrogens is 1. The summed E-state index contributed by atoms with van der Waals surface area (Å²) in [7, 11) is 0. The molecule has 7 nitrogen and oxygen atoms in total. The summed E-state index contributed by atoms with van der Waals surface area (Å²) >= 11 is 1.09. The van der Waals surface area contributed by atoms with Crippen molar-refractivity contribution in [3.63, 3.8) is 0 Å². The van der Waals surface area contributed by atoms with Crippen molar-refractivity contribution in [1.29, 1.82) is 0 Å². The highest BCUT2D eigenvalue weighted by Gasteiger charge is 2.43. The molecule has 2 amide bonds. The standard InChI is InChI=1S/C13H9F2N3O4S/c1-6(19)16-12-18-8(5-23-12)11(20)17-7-2-3-9-10(4-7)22-13(14,15)21-9/h2-5H,1H3,(H,17,20)(H,16,18,19). The predicted molar refractivity (Wildman–Crippen MR) is 77.0 cm³/mol. The van der Waals surface area contributed by atoms with Gasteiger partial charge in [-0.25, -0.2) is 4.98 Å². The topological polar surface area (TPSA) is 89.6 Å². The largest absolute Gasteiger partial charge is 0.586 e. The molecule has 0 bridgehead atoms. The van der Waals surface area contributed by atoms with E-state index < -0.39 is 12.2 Å².